The molecule has 1 heterocycles. The van der Waals surface area contributed by atoms with Gasteiger partial charge in [-0.05, 0) is 79.3 Å². The number of fused-ring (bicyclic) bond motifs is 1. The van der Waals surface area contributed by atoms with Gasteiger partial charge in [0.05, 0.1) is 13.7 Å². The fraction of sp³-hybridized carbons (Fsp3) is 0.435. The highest BCUT2D eigenvalue weighted by Gasteiger charge is 2.33. The van der Waals surface area contributed by atoms with Crippen molar-refractivity contribution < 1.29 is 23.8 Å². The molecule has 2 aliphatic rings. The van der Waals surface area contributed by atoms with Crippen LogP contribution < -0.4 is 4.74 Å². The number of hydrogen-bond donors (Lipinski definition) is 1. The van der Waals surface area contributed by atoms with E-state index < -0.39 is 17.9 Å². The van der Waals surface area contributed by atoms with Crippen LogP contribution in [0.4, 0.5) is 4.39 Å². The number of ether oxygens (including phenoxy) is 2. The van der Waals surface area contributed by atoms with E-state index in [0.717, 1.165) is 59.1 Å². The van der Waals surface area contributed by atoms with Gasteiger partial charge in [-0.3, -0.25) is 0 Å². The second-order valence-corrected chi connectivity index (χ2v) is 7.75. The third-order valence-corrected chi connectivity index (χ3v) is 5.92. The van der Waals surface area contributed by atoms with E-state index in [1.54, 1.807) is 0 Å². The molecule has 1 saturated carbocycles. The van der Waals surface area contributed by atoms with Crippen molar-refractivity contribution in [3.8, 4) is 16.9 Å². The van der Waals surface area contributed by atoms with Crippen LogP contribution in [0.15, 0.2) is 18.2 Å². The average Bonchev–Trinajstić information content (AvgIpc) is 3.54. The van der Waals surface area contributed by atoms with Gasteiger partial charge in [0, 0.05) is 11.1 Å². The quantitative estimate of drug-likeness (QED) is 0.788. The molecule has 0 saturated heterocycles. The van der Waals surface area contributed by atoms with Crippen molar-refractivity contribution in [1.29, 1.82) is 0 Å². The third-order valence-electron chi connectivity index (χ3n) is 5.92. The molecule has 0 amide bonds. The fourth-order valence-corrected chi connectivity index (χ4v) is 4.28. The maximum atomic E-state index is 14.9. The molecule has 2 aromatic rings. The molecule has 1 fully saturated rings. The molecule has 2 aromatic carbocycles. The van der Waals surface area contributed by atoms with Crippen LogP contribution in [0.2, 0.25) is 0 Å². The summed E-state index contributed by atoms with van der Waals surface area (Å²) in [4.78, 5) is 12.2. The number of esters is 1. The van der Waals surface area contributed by atoms with Crippen LogP contribution in [0, 0.1) is 19.7 Å². The predicted octanol–water partition coefficient (Wildman–Crippen LogP) is 4.52. The first-order valence-corrected chi connectivity index (χ1v) is 9.78. The number of rotatable bonds is 4. The Hall–Kier alpha value is -2.40. The summed E-state index contributed by atoms with van der Waals surface area (Å²) in [5.41, 5.74) is 5.67. The molecule has 1 aliphatic heterocycles. The molecule has 148 valence electrons. The molecule has 0 spiro atoms. The zero-order valence-electron chi connectivity index (χ0n) is 16.5. The Morgan fingerprint density at radius 3 is 2.75 bits per heavy atom. The third kappa shape index (κ3) is 3.08. The molecule has 4 rings (SSSR count). The Morgan fingerprint density at radius 1 is 1.32 bits per heavy atom. The van der Waals surface area contributed by atoms with E-state index in [2.05, 4.69) is 0 Å². The van der Waals surface area contributed by atoms with Crippen LogP contribution >= 0.6 is 0 Å². The summed E-state index contributed by atoms with van der Waals surface area (Å²) in [6, 6.07) is 5.46. The first-order valence-electron chi connectivity index (χ1n) is 9.78. The highest BCUT2D eigenvalue weighted by molar-refractivity contribution is 5.85. The summed E-state index contributed by atoms with van der Waals surface area (Å²) in [6.07, 6.45) is 2.30. The number of halogens is 1. The molecule has 28 heavy (non-hydrogen) atoms. The number of carbonyl (C=O) groups is 1. The number of aliphatic hydroxyl groups is 1. The second kappa shape index (κ2) is 7.21. The minimum absolute atomic E-state index is 0.336. The number of carbonyl (C=O) groups excluding carboxylic acids is 1. The molecule has 0 radical (unpaired) electrons. The lowest BCUT2D eigenvalue weighted by Gasteiger charge is -2.25. The van der Waals surface area contributed by atoms with Gasteiger partial charge in [-0.1, -0.05) is 12.1 Å². The highest BCUT2D eigenvalue weighted by Crippen LogP contribution is 2.49. The summed E-state index contributed by atoms with van der Waals surface area (Å²) in [5.74, 6) is -0.397. The van der Waals surface area contributed by atoms with Crippen molar-refractivity contribution in [2.24, 2.45) is 0 Å². The van der Waals surface area contributed by atoms with Gasteiger partial charge in [-0.2, -0.15) is 0 Å². The summed E-state index contributed by atoms with van der Waals surface area (Å²) < 4.78 is 25.3. The molecular weight excluding hydrogens is 359 g/mol. The van der Waals surface area contributed by atoms with Crippen LogP contribution in [0.5, 0.6) is 5.75 Å². The second-order valence-electron chi connectivity index (χ2n) is 7.75. The van der Waals surface area contributed by atoms with E-state index in [1.807, 2.05) is 26.0 Å². The standard InChI is InChI=1S/C23H25FO4/c1-12-6-9-16(14-7-8-14)20(19(12)21(25)23(26)27-3)17-11-18(24)22-15(13(17)2)5-4-10-28-22/h6,9,11,14,21,25H,4-5,7-8,10H2,1-3H3/t21-/m0/s1. The number of aliphatic hydroxyl groups excluding tert-OH is 1. The number of methoxy groups -OCH3 is 1. The van der Waals surface area contributed by atoms with Crippen molar-refractivity contribution in [3.63, 3.8) is 0 Å². The maximum absolute atomic E-state index is 14.9. The molecule has 0 aromatic heterocycles. The van der Waals surface area contributed by atoms with Crippen molar-refractivity contribution >= 4 is 5.97 Å². The Kier molecular flexibility index (Phi) is 4.88. The lowest BCUT2D eigenvalue weighted by atomic mass is 9.83. The van der Waals surface area contributed by atoms with E-state index in [4.69, 9.17) is 9.47 Å². The predicted molar refractivity (Wildman–Crippen MR) is 104 cm³/mol. The van der Waals surface area contributed by atoms with Gasteiger partial charge in [-0.15, -0.1) is 0 Å². The molecule has 1 N–H and O–H groups in total. The van der Waals surface area contributed by atoms with Gasteiger partial charge in [0.25, 0.3) is 0 Å². The molecule has 0 bridgehead atoms. The molecule has 1 atom stereocenters. The van der Waals surface area contributed by atoms with E-state index in [9.17, 15) is 14.3 Å². The average molecular weight is 384 g/mol. The van der Waals surface area contributed by atoms with Gasteiger partial charge >= 0.3 is 5.97 Å². The zero-order chi connectivity index (χ0) is 20.0. The van der Waals surface area contributed by atoms with Crippen LogP contribution in [0.1, 0.15) is 59.1 Å². The Labute approximate surface area is 164 Å². The van der Waals surface area contributed by atoms with Crippen LogP contribution in [-0.4, -0.2) is 24.8 Å². The van der Waals surface area contributed by atoms with Crippen LogP contribution in [-0.2, 0) is 16.0 Å². The fourth-order valence-electron chi connectivity index (χ4n) is 4.28. The van der Waals surface area contributed by atoms with Crippen molar-refractivity contribution in [3.05, 3.63) is 51.8 Å². The van der Waals surface area contributed by atoms with E-state index in [1.165, 1.54) is 13.2 Å². The van der Waals surface area contributed by atoms with E-state index in [-0.39, 0.29) is 0 Å². The van der Waals surface area contributed by atoms with E-state index >= 15 is 0 Å². The van der Waals surface area contributed by atoms with Crippen LogP contribution in [0.25, 0.3) is 11.1 Å². The van der Waals surface area contributed by atoms with E-state index in [0.29, 0.717) is 23.8 Å². The van der Waals surface area contributed by atoms with Gasteiger partial charge in [0.2, 0.25) is 0 Å². The van der Waals surface area contributed by atoms with Crippen molar-refractivity contribution in [2.45, 2.75) is 51.6 Å². The molecule has 1 aliphatic carbocycles. The van der Waals surface area contributed by atoms with Crippen LogP contribution in [0.3, 0.4) is 0 Å². The van der Waals surface area contributed by atoms with Gasteiger partial charge in [0.15, 0.2) is 17.7 Å². The van der Waals surface area contributed by atoms with Crippen molar-refractivity contribution in [2.75, 3.05) is 13.7 Å². The lowest BCUT2D eigenvalue weighted by molar-refractivity contribution is -0.150. The maximum Gasteiger partial charge on any atom is 0.339 e. The Bertz CT molecular complexity index is 946. The molecular formula is C23H25FO4. The van der Waals surface area contributed by atoms with Gasteiger partial charge in [0.1, 0.15) is 0 Å². The minimum atomic E-state index is -1.41. The van der Waals surface area contributed by atoms with Crippen molar-refractivity contribution in [1.82, 2.24) is 0 Å². The Balaban J connectivity index is 2.00. The number of benzene rings is 2. The smallest absolute Gasteiger partial charge is 0.339 e. The number of hydrogen-bond acceptors (Lipinski definition) is 4. The topological polar surface area (TPSA) is 55.8 Å². The first-order chi connectivity index (χ1) is 13.4. The summed E-state index contributed by atoms with van der Waals surface area (Å²) in [6.45, 7) is 4.34. The summed E-state index contributed by atoms with van der Waals surface area (Å²) in [5, 5.41) is 10.7. The van der Waals surface area contributed by atoms with Gasteiger partial charge < -0.3 is 14.6 Å². The summed E-state index contributed by atoms with van der Waals surface area (Å²) in [7, 11) is 1.26. The Morgan fingerprint density at radius 2 is 2.07 bits per heavy atom. The zero-order valence-corrected chi connectivity index (χ0v) is 16.5. The largest absolute Gasteiger partial charge is 0.490 e. The normalized spacial score (nSPS) is 16.9. The number of aryl methyl sites for hydroxylation is 1. The lowest BCUT2D eigenvalue weighted by Crippen LogP contribution is -2.17. The SMILES string of the molecule is COC(=O)[C@@H](O)c1c(C)ccc(C2CC2)c1-c1cc(F)c2c(c1C)CCCO2. The monoisotopic (exact) mass is 384 g/mol. The van der Waals surface area contributed by atoms with Gasteiger partial charge in [-0.25, -0.2) is 9.18 Å². The molecule has 5 heteroatoms. The molecule has 0 unspecified atom stereocenters. The first kappa shape index (κ1) is 18.9. The molecule has 4 nitrogen and oxygen atoms in total. The minimum Gasteiger partial charge on any atom is -0.490 e. The highest BCUT2D eigenvalue weighted by atomic mass is 19.1. The summed E-state index contributed by atoms with van der Waals surface area (Å²) >= 11 is 0.